The van der Waals surface area contributed by atoms with E-state index in [2.05, 4.69) is 9.73 Å². The molecule has 0 aromatic heterocycles. The second-order valence-corrected chi connectivity index (χ2v) is 17.0. The highest BCUT2D eigenvalue weighted by Gasteiger charge is 2.24. The number of carboxylic acids is 4. The highest BCUT2D eigenvalue weighted by atomic mass is 16.6. The molecule has 7 atom stereocenters. The molecule has 3 rings (SSSR count). The molecular weight excluding hydrogens is 933 g/mol. The zero-order valence-electron chi connectivity index (χ0n) is 40.2. The SMILES string of the molecule is CC(C)C[C@H](N)C(=O)Oc1ccc(C[C@H](N)C(=O)OC[C@@H](N)C(=O)O)cc1.NC(N)=NCCC[C@@H](N)C(=O)OC(=O)C[C@H](N)C(=O)O.N[C@@H](CC1CCCCC1)C(=O)O.N[C@@H](Cc1ccccc1)C(=O)O. The van der Waals surface area contributed by atoms with Gasteiger partial charge in [0.2, 0.25) is 0 Å². The first-order valence-electron chi connectivity index (χ1n) is 22.7. The Balaban J connectivity index is 0.000000975. The molecule has 71 heavy (non-hydrogen) atoms. The number of nitrogens with zero attached hydrogens (tertiary/aromatic N) is 1. The van der Waals surface area contributed by atoms with Gasteiger partial charge in [0, 0.05) is 6.54 Å². The third kappa shape index (κ3) is 31.3. The fourth-order valence-corrected chi connectivity index (χ4v) is 6.15. The number of esters is 4. The molecule has 0 unspecified atom stereocenters. The molecule has 22 N–H and O–H groups in total. The summed E-state index contributed by atoms with van der Waals surface area (Å²) < 4.78 is 14.4. The number of aliphatic imine (C=N–C) groups is 1. The van der Waals surface area contributed by atoms with Crippen LogP contribution in [0.15, 0.2) is 59.6 Å². The highest BCUT2D eigenvalue weighted by Crippen LogP contribution is 2.27. The minimum absolute atomic E-state index is 0.0704. The van der Waals surface area contributed by atoms with E-state index in [1.807, 2.05) is 44.2 Å². The smallest absolute Gasteiger partial charge is 0.330 e. The van der Waals surface area contributed by atoms with Gasteiger partial charge in [-0.1, -0.05) is 88.4 Å². The molecule has 0 spiro atoms. The minimum Gasteiger partial charge on any atom is -0.480 e. The van der Waals surface area contributed by atoms with Crippen LogP contribution in [0.25, 0.3) is 0 Å². The predicted octanol–water partition coefficient (Wildman–Crippen LogP) is -0.961. The van der Waals surface area contributed by atoms with Gasteiger partial charge in [-0.25, -0.2) is 9.59 Å². The Morgan fingerprint density at radius 2 is 1.13 bits per heavy atom. The van der Waals surface area contributed by atoms with Crippen LogP contribution in [0, 0.1) is 11.8 Å². The predicted molar refractivity (Wildman–Crippen MR) is 260 cm³/mol. The lowest BCUT2D eigenvalue weighted by Gasteiger charge is -2.22. The number of guanidine groups is 1. The first kappa shape index (κ1) is 64.4. The van der Waals surface area contributed by atoms with Gasteiger partial charge >= 0.3 is 47.8 Å². The van der Waals surface area contributed by atoms with E-state index < -0.39 is 103 Å². The Bertz CT molecular complexity index is 1980. The number of rotatable bonds is 24. The average molecular weight is 1010 g/mol. The Labute approximate surface area is 412 Å². The molecule has 0 heterocycles. The molecule has 0 bridgehead atoms. The van der Waals surface area contributed by atoms with Gasteiger partial charge in [0.25, 0.3) is 0 Å². The summed E-state index contributed by atoms with van der Waals surface area (Å²) in [5, 5.41) is 34.2. The zero-order valence-corrected chi connectivity index (χ0v) is 40.2. The Morgan fingerprint density at radius 1 is 0.606 bits per heavy atom. The number of aliphatic carboxylic acids is 4. The van der Waals surface area contributed by atoms with Gasteiger partial charge in [0.1, 0.15) is 54.6 Å². The molecule has 398 valence electrons. The van der Waals surface area contributed by atoms with E-state index in [9.17, 15) is 38.4 Å². The molecule has 0 aliphatic heterocycles. The second-order valence-electron chi connectivity index (χ2n) is 17.0. The third-order valence-electron chi connectivity index (χ3n) is 10.1. The summed E-state index contributed by atoms with van der Waals surface area (Å²) in [4.78, 5) is 91.8. The molecule has 1 fully saturated rings. The summed E-state index contributed by atoms with van der Waals surface area (Å²) in [5.74, 6) is -6.59. The normalized spacial score (nSPS) is 15.0. The van der Waals surface area contributed by atoms with Gasteiger partial charge in [0.15, 0.2) is 5.96 Å². The van der Waals surface area contributed by atoms with E-state index in [0.717, 1.165) is 5.56 Å². The van der Waals surface area contributed by atoms with Crippen molar-refractivity contribution in [3.8, 4) is 5.75 Å². The molecule has 1 aliphatic rings. The number of carbonyl (C=O) groups excluding carboxylic acids is 4. The van der Waals surface area contributed by atoms with E-state index in [0.29, 0.717) is 49.5 Å². The van der Waals surface area contributed by atoms with Gasteiger partial charge in [0.05, 0.1) is 6.42 Å². The van der Waals surface area contributed by atoms with Crippen molar-refractivity contribution < 1.29 is 73.0 Å². The maximum absolute atomic E-state index is 11.9. The van der Waals surface area contributed by atoms with Crippen LogP contribution in [0.2, 0.25) is 0 Å². The van der Waals surface area contributed by atoms with Crippen LogP contribution in [-0.2, 0) is 60.7 Å². The Kier molecular flexibility index (Phi) is 32.2. The van der Waals surface area contributed by atoms with E-state index >= 15 is 0 Å². The monoisotopic (exact) mass is 1010 g/mol. The summed E-state index contributed by atoms with van der Waals surface area (Å²) in [6, 6.07) is 8.97. The molecular formula is C46H74N10O15. The topological polar surface area (TPSA) is 492 Å². The quantitative estimate of drug-likeness (QED) is 0.0150. The van der Waals surface area contributed by atoms with E-state index in [4.69, 9.17) is 81.5 Å². The third-order valence-corrected chi connectivity index (χ3v) is 10.1. The lowest BCUT2D eigenvalue weighted by molar-refractivity contribution is -0.162. The summed E-state index contributed by atoms with van der Waals surface area (Å²) in [5.41, 5.74) is 50.1. The van der Waals surface area contributed by atoms with Crippen LogP contribution in [0.5, 0.6) is 5.75 Å². The van der Waals surface area contributed by atoms with Gasteiger partial charge in [-0.05, 0) is 73.6 Å². The van der Waals surface area contributed by atoms with Crippen LogP contribution in [0.1, 0.15) is 89.2 Å². The van der Waals surface area contributed by atoms with Crippen molar-refractivity contribution in [2.75, 3.05) is 13.2 Å². The summed E-state index contributed by atoms with van der Waals surface area (Å²) in [6.07, 6.45) is 7.91. The fraction of sp³-hybridized carbons (Fsp3) is 0.543. The van der Waals surface area contributed by atoms with Crippen LogP contribution < -0.4 is 56.3 Å². The number of ether oxygens (including phenoxy) is 3. The largest absolute Gasteiger partial charge is 0.480 e. The molecule has 2 aromatic rings. The fourth-order valence-electron chi connectivity index (χ4n) is 6.15. The lowest BCUT2D eigenvalue weighted by atomic mass is 9.85. The minimum atomic E-state index is -1.42. The van der Waals surface area contributed by atoms with Crippen molar-refractivity contribution in [2.24, 2.45) is 68.4 Å². The van der Waals surface area contributed by atoms with E-state index in [1.54, 1.807) is 24.3 Å². The van der Waals surface area contributed by atoms with Gasteiger partial charge in [-0.15, -0.1) is 0 Å². The van der Waals surface area contributed by atoms with Crippen molar-refractivity contribution in [3.63, 3.8) is 0 Å². The van der Waals surface area contributed by atoms with Gasteiger partial charge < -0.3 is 86.2 Å². The van der Waals surface area contributed by atoms with Crippen molar-refractivity contribution in [1.82, 2.24) is 0 Å². The number of hydrogen-bond donors (Lipinski definition) is 13. The zero-order chi connectivity index (χ0) is 54.2. The van der Waals surface area contributed by atoms with Crippen molar-refractivity contribution in [3.05, 3.63) is 65.7 Å². The van der Waals surface area contributed by atoms with Crippen LogP contribution >= 0.6 is 0 Å². The number of carboxylic acid groups (broad SMARTS) is 4. The Hall–Kier alpha value is -6.61. The molecule has 0 saturated heterocycles. The second kappa shape index (κ2) is 35.5. The van der Waals surface area contributed by atoms with Crippen molar-refractivity contribution in [2.45, 2.75) is 133 Å². The molecule has 0 amide bonds. The molecule has 1 saturated carbocycles. The summed E-state index contributed by atoms with van der Waals surface area (Å²) in [6.45, 7) is 3.77. The number of hydrogen-bond acceptors (Lipinski definition) is 19. The van der Waals surface area contributed by atoms with Gasteiger partial charge in [-0.2, -0.15) is 0 Å². The standard InChI is InChI=1S/C18H27N3O6.C10H19N5O5.C9H17NO2.C9H11NO2/c1-10(2)7-13(19)18(25)27-12-5-3-11(4-6-12)8-14(20)17(24)26-9-15(21)16(22)23;11-5(2-1-3-15-10(13)14)9(19)20-7(16)4-6(12)8(17)18;2*10-8(9(11)12)6-7-4-2-1-3-5-7/h3-6,10,13-15H,7-9,19-21H2,1-2H3,(H,22,23);5-6H,1-4,11-12H2,(H,17,18)(H4,13,14,15);7-8H,1-6,10H2,(H,11,12);1-5,8H,6,10H2,(H,11,12)/t13-,14-,15+;5-,6+;2*8-/m0100/s1. The number of nitrogens with two attached hydrogens (primary N) is 9. The highest BCUT2D eigenvalue weighted by molar-refractivity contribution is 5.90. The molecule has 25 heteroatoms. The van der Waals surface area contributed by atoms with E-state index in [1.165, 1.54) is 32.1 Å². The molecule has 0 radical (unpaired) electrons. The van der Waals surface area contributed by atoms with Gasteiger partial charge in [-0.3, -0.25) is 33.8 Å². The van der Waals surface area contributed by atoms with Crippen LogP contribution in [-0.4, -0.2) is 130 Å². The summed E-state index contributed by atoms with van der Waals surface area (Å²) >= 11 is 0. The number of benzene rings is 2. The first-order valence-corrected chi connectivity index (χ1v) is 22.7. The average Bonchev–Trinajstić information content (AvgIpc) is 3.30. The summed E-state index contributed by atoms with van der Waals surface area (Å²) in [7, 11) is 0. The van der Waals surface area contributed by atoms with Crippen molar-refractivity contribution in [1.29, 1.82) is 0 Å². The molecule has 1 aliphatic carbocycles. The Morgan fingerprint density at radius 3 is 1.63 bits per heavy atom. The molecule has 2 aromatic carbocycles. The van der Waals surface area contributed by atoms with Crippen LogP contribution in [0.4, 0.5) is 0 Å². The first-order chi connectivity index (χ1) is 33.2. The molecule has 25 nitrogen and oxygen atoms in total. The maximum Gasteiger partial charge on any atom is 0.330 e. The maximum atomic E-state index is 11.9. The van der Waals surface area contributed by atoms with Crippen molar-refractivity contribution >= 4 is 53.7 Å². The van der Waals surface area contributed by atoms with Crippen LogP contribution in [0.3, 0.4) is 0 Å². The number of carbonyl (C=O) groups is 8. The lowest BCUT2D eigenvalue weighted by Crippen LogP contribution is -2.40. The van der Waals surface area contributed by atoms with E-state index in [-0.39, 0.29) is 24.7 Å².